The number of benzene rings is 3. The molecule has 0 unspecified atom stereocenters. The Balaban J connectivity index is 2.04. The molecule has 0 spiro atoms. The number of anilines is 1. The summed E-state index contributed by atoms with van der Waals surface area (Å²) in [5, 5.41) is 2.89. The Morgan fingerprint density at radius 1 is 0.923 bits per heavy atom. The molecule has 0 aromatic heterocycles. The van der Waals surface area contributed by atoms with Gasteiger partial charge in [-0.2, -0.15) is 0 Å². The van der Waals surface area contributed by atoms with E-state index in [4.69, 9.17) is 0 Å². The van der Waals surface area contributed by atoms with Crippen LogP contribution in [-0.4, -0.2) is 43.8 Å². The molecule has 208 valence electrons. The van der Waals surface area contributed by atoms with Gasteiger partial charge in [-0.05, 0) is 63.9 Å². The van der Waals surface area contributed by atoms with E-state index in [1.54, 1.807) is 19.1 Å². The van der Waals surface area contributed by atoms with E-state index in [2.05, 4.69) is 5.32 Å². The van der Waals surface area contributed by atoms with Crippen molar-refractivity contribution in [3.05, 3.63) is 95.3 Å². The van der Waals surface area contributed by atoms with Gasteiger partial charge in [0.1, 0.15) is 18.4 Å². The van der Waals surface area contributed by atoms with Gasteiger partial charge in [0.15, 0.2) is 0 Å². The molecule has 2 atom stereocenters. The zero-order chi connectivity index (χ0) is 28.7. The Labute approximate surface area is 230 Å². The highest BCUT2D eigenvalue weighted by Crippen LogP contribution is 2.27. The molecule has 7 nitrogen and oxygen atoms in total. The molecule has 0 heterocycles. The molecule has 3 rings (SSSR count). The smallest absolute Gasteiger partial charge is 0.264 e. The standard InChI is InChI=1S/C30H36FN3O4S/c1-6-23(4)32-30(36)24(5)33(19-25-11-9-10-22(3)18-25)29(35)20-34(28-13-8-7-12-27(28)31)39(37,38)26-16-14-21(2)15-17-26/h7-18,23-24H,6,19-20H2,1-5H3,(H,32,36)/t23-,24-/m1/s1. The summed E-state index contributed by atoms with van der Waals surface area (Å²) in [6.07, 6.45) is 0.708. The summed E-state index contributed by atoms with van der Waals surface area (Å²) < 4.78 is 43.3. The number of amides is 2. The quantitative estimate of drug-likeness (QED) is 0.363. The number of nitrogens with one attached hydrogen (secondary N) is 1. The van der Waals surface area contributed by atoms with Crippen LogP contribution in [0.2, 0.25) is 0 Å². The molecular formula is C30H36FN3O4S. The minimum atomic E-state index is -4.33. The molecule has 0 radical (unpaired) electrons. The summed E-state index contributed by atoms with van der Waals surface area (Å²) in [6.45, 7) is 8.54. The second-order valence-electron chi connectivity index (χ2n) is 9.78. The molecule has 0 bridgehead atoms. The molecule has 0 aliphatic carbocycles. The first kappa shape index (κ1) is 29.8. The molecule has 0 aliphatic rings. The number of rotatable bonds is 11. The van der Waals surface area contributed by atoms with Crippen LogP contribution >= 0.6 is 0 Å². The maximum Gasteiger partial charge on any atom is 0.264 e. The van der Waals surface area contributed by atoms with Crippen molar-refractivity contribution >= 4 is 27.5 Å². The molecule has 3 aromatic rings. The van der Waals surface area contributed by atoms with Crippen LogP contribution in [0.5, 0.6) is 0 Å². The van der Waals surface area contributed by atoms with Gasteiger partial charge in [0.2, 0.25) is 11.8 Å². The van der Waals surface area contributed by atoms with Crippen LogP contribution < -0.4 is 9.62 Å². The Bertz CT molecular complexity index is 1410. The van der Waals surface area contributed by atoms with Crippen LogP contribution in [0.1, 0.15) is 43.9 Å². The third kappa shape index (κ3) is 7.44. The Morgan fingerprint density at radius 3 is 2.21 bits per heavy atom. The molecule has 0 fully saturated rings. The Morgan fingerprint density at radius 2 is 1.59 bits per heavy atom. The maximum atomic E-state index is 15.0. The van der Waals surface area contributed by atoms with Gasteiger partial charge in [0.25, 0.3) is 10.0 Å². The monoisotopic (exact) mass is 553 g/mol. The predicted octanol–water partition coefficient (Wildman–Crippen LogP) is 4.97. The van der Waals surface area contributed by atoms with Crippen molar-refractivity contribution in [2.75, 3.05) is 10.8 Å². The molecule has 1 N–H and O–H groups in total. The lowest BCUT2D eigenvalue weighted by Gasteiger charge is -2.32. The number of para-hydroxylation sites is 1. The Kier molecular flexibility index (Phi) is 9.86. The van der Waals surface area contributed by atoms with Gasteiger partial charge in [-0.1, -0.05) is 66.6 Å². The molecule has 2 amide bonds. The number of nitrogens with zero attached hydrogens (tertiary/aromatic N) is 2. The lowest BCUT2D eigenvalue weighted by Crippen LogP contribution is -2.52. The van der Waals surface area contributed by atoms with Crippen LogP contribution in [0, 0.1) is 19.7 Å². The van der Waals surface area contributed by atoms with Gasteiger partial charge in [-0.3, -0.25) is 13.9 Å². The van der Waals surface area contributed by atoms with E-state index >= 15 is 0 Å². The number of hydrogen-bond acceptors (Lipinski definition) is 4. The molecule has 39 heavy (non-hydrogen) atoms. The van der Waals surface area contributed by atoms with E-state index < -0.39 is 34.3 Å². The first-order valence-electron chi connectivity index (χ1n) is 12.9. The minimum Gasteiger partial charge on any atom is -0.352 e. The van der Waals surface area contributed by atoms with Crippen molar-refractivity contribution in [1.82, 2.24) is 10.2 Å². The zero-order valence-electron chi connectivity index (χ0n) is 23.0. The molecule has 9 heteroatoms. The second-order valence-corrected chi connectivity index (χ2v) is 11.6. The van der Waals surface area contributed by atoms with Crippen molar-refractivity contribution in [3.8, 4) is 0 Å². The van der Waals surface area contributed by atoms with Gasteiger partial charge in [-0.15, -0.1) is 0 Å². The van der Waals surface area contributed by atoms with Crippen molar-refractivity contribution in [1.29, 1.82) is 0 Å². The van der Waals surface area contributed by atoms with Gasteiger partial charge in [0.05, 0.1) is 10.6 Å². The number of hydrogen-bond donors (Lipinski definition) is 1. The SMILES string of the molecule is CC[C@@H](C)NC(=O)[C@@H](C)N(Cc1cccc(C)c1)C(=O)CN(c1ccccc1F)S(=O)(=O)c1ccc(C)cc1. The first-order chi connectivity index (χ1) is 18.4. The van der Waals surface area contributed by atoms with Gasteiger partial charge in [-0.25, -0.2) is 12.8 Å². The third-order valence-electron chi connectivity index (χ3n) is 6.61. The summed E-state index contributed by atoms with van der Waals surface area (Å²) in [5.74, 6) is -1.78. The van der Waals surface area contributed by atoms with Crippen molar-refractivity contribution in [2.24, 2.45) is 0 Å². The van der Waals surface area contributed by atoms with Crippen molar-refractivity contribution in [3.63, 3.8) is 0 Å². The van der Waals surface area contributed by atoms with Gasteiger partial charge >= 0.3 is 0 Å². The molecule has 3 aromatic carbocycles. The van der Waals surface area contributed by atoms with Crippen LogP contribution in [0.25, 0.3) is 0 Å². The lowest BCUT2D eigenvalue weighted by molar-refractivity contribution is -0.139. The minimum absolute atomic E-state index is 0.0723. The molecular weight excluding hydrogens is 517 g/mol. The number of carbonyl (C=O) groups excluding carboxylic acids is 2. The number of halogens is 1. The third-order valence-corrected chi connectivity index (χ3v) is 8.39. The Hall–Kier alpha value is -3.72. The highest BCUT2D eigenvalue weighted by atomic mass is 32.2. The summed E-state index contributed by atoms with van der Waals surface area (Å²) in [5.41, 5.74) is 2.36. The fraction of sp³-hybridized carbons (Fsp3) is 0.333. The number of carbonyl (C=O) groups is 2. The van der Waals surface area contributed by atoms with E-state index in [1.165, 1.54) is 35.2 Å². The second kappa shape index (κ2) is 12.9. The molecule has 0 saturated heterocycles. The van der Waals surface area contributed by atoms with E-state index in [-0.39, 0.29) is 29.1 Å². The van der Waals surface area contributed by atoms with E-state index in [0.717, 1.165) is 27.1 Å². The number of sulfonamides is 1. The first-order valence-corrected chi connectivity index (χ1v) is 14.4. The van der Waals surface area contributed by atoms with Crippen LogP contribution in [0.15, 0.2) is 77.7 Å². The van der Waals surface area contributed by atoms with Crippen LogP contribution in [0.3, 0.4) is 0 Å². The van der Waals surface area contributed by atoms with Gasteiger partial charge < -0.3 is 10.2 Å². The zero-order valence-corrected chi connectivity index (χ0v) is 23.8. The fourth-order valence-electron chi connectivity index (χ4n) is 4.06. The highest BCUT2D eigenvalue weighted by molar-refractivity contribution is 7.92. The maximum absolute atomic E-state index is 15.0. The summed E-state index contributed by atoms with van der Waals surface area (Å²) in [6, 6.07) is 18.0. The highest BCUT2D eigenvalue weighted by Gasteiger charge is 2.33. The fourth-order valence-corrected chi connectivity index (χ4v) is 5.48. The largest absolute Gasteiger partial charge is 0.352 e. The van der Waals surface area contributed by atoms with Crippen LogP contribution in [0.4, 0.5) is 10.1 Å². The van der Waals surface area contributed by atoms with Crippen molar-refractivity contribution < 1.29 is 22.4 Å². The lowest BCUT2D eigenvalue weighted by atomic mass is 10.1. The average Bonchev–Trinajstić information content (AvgIpc) is 2.90. The topological polar surface area (TPSA) is 86.8 Å². The normalized spacial score (nSPS) is 12.9. The van der Waals surface area contributed by atoms with E-state index in [1.807, 2.05) is 52.0 Å². The van der Waals surface area contributed by atoms with Crippen molar-refractivity contribution in [2.45, 2.75) is 64.6 Å². The van der Waals surface area contributed by atoms with Crippen LogP contribution in [-0.2, 0) is 26.2 Å². The van der Waals surface area contributed by atoms with Gasteiger partial charge in [0, 0.05) is 12.6 Å². The summed E-state index contributed by atoms with van der Waals surface area (Å²) in [4.78, 5) is 28.2. The summed E-state index contributed by atoms with van der Waals surface area (Å²) in [7, 11) is -4.33. The summed E-state index contributed by atoms with van der Waals surface area (Å²) >= 11 is 0. The van der Waals surface area contributed by atoms with E-state index in [9.17, 15) is 22.4 Å². The average molecular weight is 554 g/mol. The number of aryl methyl sites for hydroxylation is 2. The predicted molar refractivity (Wildman–Crippen MR) is 151 cm³/mol. The van der Waals surface area contributed by atoms with E-state index in [0.29, 0.717) is 6.42 Å². The molecule has 0 aliphatic heterocycles. The molecule has 0 saturated carbocycles.